The smallest absolute Gasteiger partial charge is 0.329 e. The zero-order valence-electron chi connectivity index (χ0n) is 17.8. The van der Waals surface area contributed by atoms with Crippen molar-refractivity contribution in [3.05, 3.63) is 57.9 Å². The van der Waals surface area contributed by atoms with E-state index in [2.05, 4.69) is 0 Å². The van der Waals surface area contributed by atoms with Gasteiger partial charge in [0.25, 0.3) is 0 Å². The van der Waals surface area contributed by atoms with Crippen LogP contribution >= 0.6 is 11.6 Å². The molecule has 0 unspecified atom stereocenters. The van der Waals surface area contributed by atoms with Crippen molar-refractivity contribution in [3.8, 4) is 0 Å². The molecule has 0 radical (unpaired) electrons. The van der Waals surface area contributed by atoms with E-state index in [1.54, 1.807) is 48.9 Å². The van der Waals surface area contributed by atoms with Crippen molar-refractivity contribution in [1.29, 1.82) is 0 Å². The van der Waals surface area contributed by atoms with Gasteiger partial charge in [-0.2, -0.15) is 0 Å². The number of amides is 1. The average molecular weight is 449 g/mol. The summed E-state index contributed by atoms with van der Waals surface area (Å²) < 4.78 is 1.62. The first kappa shape index (κ1) is 24.1. The number of aromatic nitrogens is 1. The first-order valence-electron chi connectivity index (χ1n) is 9.55. The summed E-state index contributed by atoms with van der Waals surface area (Å²) in [5, 5.41) is 19.0. The number of aliphatic carboxylic acids is 2. The van der Waals surface area contributed by atoms with Crippen molar-refractivity contribution in [2.24, 2.45) is 7.05 Å². The third-order valence-electron chi connectivity index (χ3n) is 5.58. The van der Waals surface area contributed by atoms with Crippen LogP contribution in [0.3, 0.4) is 0 Å². The summed E-state index contributed by atoms with van der Waals surface area (Å²) in [4.78, 5) is 49.5. The number of carbonyl (C=O) groups excluding carboxylic acids is 2. The highest BCUT2D eigenvalue weighted by molar-refractivity contribution is 6.30. The third kappa shape index (κ3) is 5.14. The zero-order valence-corrected chi connectivity index (χ0v) is 18.6. The Kier molecular flexibility index (Phi) is 7.28. The van der Waals surface area contributed by atoms with E-state index in [4.69, 9.17) is 16.7 Å². The highest BCUT2D eigenvalue weighted by Gasteiger charge is 2.40. The van der Waals surface area contributed by atoms with Crippen molar-refractivity contribution in [3.63, 3.8) is 0 Å². The van der Waals surface area contributed by atoms with Crippen LogP contribution in [-0.4, -0.2) is 55.9 Å². The topological polar surface area (TPSA) is 117 Å². The molecule has 0 fully saturated rings. The standard InChI is InChI=1S/C22H25ClN2O6/c1-13-11-16(24(3)19(13)20(29)14-5-7-15(23)8-6-14)12-17(26)25(4)22(2,21(30)31)10-9-18(27)28/h5-8,11H,9-10,12H2,1-4H3,(H,27,28)(H,30,31)/t22-/m0/s1. The molecule has 0 saturated heterocycles. The quantitative estimate of drug-likeness (QED) is 0.569. The second kappa shape index (κ2) is 9.34. The van der Waals surface area contributed by atoms with Crippen molar-refractivity contribution in [1.82, 2.24) is 9.47 Å². The molecule has 8 nitrogen and oxygen atoms in total. The van der Waals surface area contributed by atoms with Crippen LogP contribution in [0.15, 0.2) is 30.3 Å². The van der Waals surface area contributed by atoms with Gasteiger partial charge in [-0.1, -0.05) is 11.6 Å². The van der Waals surface area contributed by atoms with Crippen molar-refractivity contribution >= 4 is 35.2 Å². The van der Waals surface area contributed by atoms with E-state index in [1.165, 1.54) is 14.0 Å². The predicted molar refractivity (Wildman–Crippen MR) is 114 cm³/mol. The minimum Gasteiger partial charge on any atom is -0.481 e. The van der Waals surface area contributed by atoms with Crippen molar-refractivity contribution < 1.29 is 29.4 Å². The SMILES string of the molecule is Cc1cc(CC(=O)N(C)[C@@](C)(CCC(=O)O)C(=O)O)n(C)c1C(=O)c1ccc(Cl)cc1. The van der Waals surface area contributed by atoms with E-state index in [0.29, 0.717) is 27.5 Å². The molecule has 1 aromatic heterocycles. The van der Waals surface area contributed by atoms with Crippen LogP contribution in [0.1, 0.15) is 47.1 Å². The Hall–Kier alpha value is -3.13. The fraction of sp³-hybridized carbons (Fsp3) is 0.364. The minimum absolute atomic E-state index is 0.141. The number of ketones is 1. The molecule has 0 spiro atoms. The van der Waals surface area contributed by atoms with E-state index < -0.39 is 23.4 Å². The molecule has 2 aromatic rings. The second-order valence-corrected chi connectivity index (χ2v) is 8.10. The van der Waals surface area contributed by atoms with E-state index >= 15 is 0 Å². The van der Waals surface area contributed by atoms with E-state index in [0.717, 1.165) is 4.90 Å². The highest BCUT2D eigenvalue weighted by Crippen LogP contribution is 2.24. The fourth-order valence-corrected chi connectivity index (χ4v) is 3.51. The van der Waals surface area contributed by atoms with Crippen LogP contribution in [0.2, 0.25) is 5.02 Å². The Morgan fingerprint density at radius 1 is 1.13 bits per heavy atom. The fourth-order valence-electron chi connectivity index (χ4n) is 3.38. The van der Waals surface area contributed by atoms with Gasteiger partial charge in [-0.3, -0.25) is 14.4 Å². The van der Waals surface area contributed by atoms with Gasteiger partial charge in [0, 0.05) is 36.8 Å². The van der Waals surface area contributed by atoms with Gasteiger partial charge in [-0.15, -0.1) is 0 Å². The number of carboxylic acid groups (broad SMARTS) is 2. The number of hydrogen-bond acceptors (Lipinski definition) is 4. The number of benzene rings is 1. The van der Waals surface area contributed by atoms with Crippen LogP contribution in [-0.2, 0) is 27.9 Å². The van der Waals surface area contributed by atoms with E-state index in [9.17, 15) is 24.3 Å². The van der Waals surface area contributed by atoms with Gasteiger partial charge in [-0.25, -0.2) is 4.79 Å². The van der Waals surface area contributed by atoms with Gasteiger partial charge < -0.3 is 19.7 Å². The van der Waals surface area contributed by atoms with Crippen LogP contribution < -0.4 is 0 Å². The van der Waals surface area contributed by atoms with E-state index in [1.807, 2.05) is 0 Å². The Balaban J connectivity index is 2.28. The zero-order chi connectivity index (χ0) is 23.5. The molecule has 0 saturated carbocycles. The molecular formula is C22H25ClN2O6. The van der Waals surface area contributed by atoms with Gasteiger partial charge >= 0.3 is 11.9 Å². The van der Waals surface area contributed by atoms with Crippen LogP contribution in [0.5, 0.6) is 0 Å². The molecule has 1 heterocycles. The molecule has 31 heavy (non-hydrogen) atoms. The van der Waals surface area contributed by atoms with Gasteiger partial charge in [-0.05, 0) is 56.2 Å². The Labute approximate surface area is 185 Å². The lowest BCUT2D eigenvalue weighted by atomic mass is 9.93. The van der Waals surface area contributed by atoms with Crippen LogP contribution in [0.4, 0.5) is 0 Å². The lowest BCUT2D eigenvalue weighted by Crippen LogP contribution is -2.53. The number of aryl methyl sites for hydroxylation is 1. The molecule has 2 rings (SSSR count). The molecule has 1 amide bonds. The van der Waals surface area contributed by atoms with Crippen molar-refractivity contribution in [2.45, 2.75) is 38.6 Å². The minimum atomic E-state index is -1.67. The molecule has 2 N–H and O–H groups in total. The molecule has 9 heteroatoms. The summed E-state index contributed by atoms with van der Waals surface area (Å²) >= 11 is 5.88. The summed E-state index contributed by atoms with van der Waals surface area (Å²) in [7, 11) is 3.01. The number of rotatable bonds is 9. The summed E-state index contributed by atoms with van der Waals surface area (Å²) in [5.74, 6) is -3.15. The largest absolute Gasteiger partial charge is 0.481 e. The number of halogens is 1. The van der Waals surface area contributed by atoms with Gasteiger partial charge in [0.15, 0.2) is 0 Å². The lowest BCUT2D eigenvalue weighted by Gasteiger charge is -2.35. The molecule has 0 aliphatic heterocycles. The molecule has 0 aliphatic carbocycles. The molecule has 0 aliphatic rings. The molecule has 166 valence electrons. The number of carbonyl (C=O) groups is 4. The molecule has 1 atom stereocenters. The summed E-state index contributed by atoms with van der Waals surface area (Å²) in [5.41, 5.74) is 0.422. The van der Waals surface area contributed by atoms with Gasteiger partial charge in [0.2, 0.25) is 11.7 Å². The number of likely N-dealkylation sites (N-methyl/N-ethyl adjacent to an activating group) is 1. The number of carboxylic acids is 2. The first-order chi connectivity index (χ1) is 14.4. The molecular weight excluding hydrogens is 424 g/mol. The summed E-state index contributed by atoms with van der Waals surface area (Å²) in [6.07, 6.45) is -0.756. The van der Waals surface area contributed by atoms with Crippen molar-refractivity contribution in [2.75, 3.05) is 7.05 Å². The molecule has 1 aromatic carbocycles. The maximum Gasteiger partial charge on any atom is 0.329 e. The maximum atomic E-state index is 12.9. The first-order valence-corrected chi connectivity index (χ1v) is 9.93. The van der Waals surface area contributed by atoms with Gasteiger partial charge in [0.1, 0.15) is 5.54 Å². The Morgan fingerprint density at radius 3 is 2.23 bits per heavy atom. The third-order valence-corrected chi connectivity index (χ3v) is 5.83. The highest BCUT2D eigenvalue weighted by atomic mass is 35.5. The van der Waals surface area contributed by atoms with Crippen LogP contribution in [0.25, 0.3) is 0 Å². The van der Waals surface area contributed by atoms with Crippen LogP contribution in [0, 0.1) is 6.92 Å². The van der Waals surface area contributed by atoms with E-state index in [-0.39, 0.29) is 25.0 Å². The predicted octanol–water partition coefficient (Wildman–Crippen LogP) is 2.93. The number of nitrogens with zero attached hydrogens (tertiary/aromatic N) is 2. The normalized spacial score (nSPS) is 12.8. The maximum absolute atomic E-state index is 12.9. The monoisotopic (exact) mass is 448 g/mol. The summed E-state index contributed by atoms with van der Waals surface area (Å²) in [6, 6.07) is 8.20. The Bertz CT molecular complexity index is 1030. The average Bonchev–Trinajstić information content (AvgIpc) is 2.98. The lowest BCUT2D eigenvalue weighted by molar-refractivity contribution is -0.157. The van der Waals surface area contributed by atoms with Gasteiger partial charge in [0.05, 0.1) is 12.1 Å². The number of hydrogen-bond donors (Lipinski definition) is 2. The Morgan fingerprint density at radius 2 is 1.71 bits per heavy atom. The second-order valence-electron chi connectivity index (χ2n) is 7.66. The molecule has 0 bridgehead atoms. The summed E-state index contributed by atoms with van der Waals surface area (Å²) in [6.45, 7) is 3.08.